The monoisotopic (exact) mass is 282 g/mol. The average Bonchev–Trinajstić information content (AvgIpc) is 3.10. The van der Waals surface area contributed by atoms with E-state index in [0.717, 1.165) is 16.6 Å². The van der Waals surface area contributed by atoms with Gasteiger partial charge in [-0.2, -0.15) is 5.10 Å². The molecule has 3 aromatic rings. The molecule has 4 rings (SSSR count). The van der Waals surface area contributed by atoms with Crippen LogP contribution in [0.1, 0.15) is 21.7 Å². The van der Waals surface area contributed by atoms with Crippen molar-refractivity contribution in [2.75, 3.05) is 6.54 Å². The Morgan fingerprint density at radius 3 is 3.05 bits per heavy atom. The maximum atomic E-state index is 12.6. The minimum atomic E-state index is -0.0579. The standard InChI is InChI=1S/C15H14N4O2/c20-14-10-8-19(6-5-12(10)17-18-14)15(21)13-7-9-3-1-2-4-11(9)16-13/h1-4,7,16H,5-6,8H2,(H2,17,18,20). The number of aromatic amines is 2. The van der Waals surface area contributed by atoms with Crippen LogP contribution in [0.25, 0.3) is 10.9 Å². The highest BCUT2D eigenvalue weighted by Crippen LogP contribution is 2.26. The highest BCUT2D eigenvalue weighted by molar-refractivity contribution is 5.98. The van der Waals surface area contributed by atoms with Gasteiger partial charge in [0, 0.05) is 23.9 Å². The summed E-state index contributed by atoms with van der Waals surface area (Å²) in [6.45, 7) is 0.983. The quantitative estimate of drug-likeness (QED) is 0.636. The highest BCUT2D eigenvalue weighted by Gasteiger charge is 2.26. The Bertz CT molecular complexity index is 800. The molecule has 1 aromatic carbocycles. The smallest absolute Gasteiger partial charge is 0.270 e. The lowest BCUT2D eigenvalue weighted by molar-refractivity contribution is 0.0728. The van der Waals surface area contributed by atoms with Crippen LogP contribution in [0.15, 0.2) is 30.3 Å². The van der Waals surface area contributed by atoms with Crippen molar-refractivity contribution in [3.05, 3.63) is 47.3 Å². The van der Waals surface area contributed by atoms with Gasteiger partial charge >= 0.3 is 0 Å². The first kappa shape index (κ1) is 12.0. The van der Waals surface area contributed by atoms with E-state index >= 15 is 0 Å². The normalized spacial score (nSPS) is 14.4. The van der Waals surface area contributed by atoms with Gasteiger partial charge in [0.2, 0.25) is 5.88 Å². The maximum Gasteiger partial charge on any atom is 0.270 e. The molecule has 1 aliphatic rings. The van der Waals surface area contributed by atoms with Crippen LogP contribution in [0.4, 0.5) is 0 Å². The molecule has 0 radical (unpaired) electrons. The molecule has 0 bridgehead atoms. The Morgan fingerprint density at radius 1 is 1.33 bits per heavy atom. The molecule has 0 unspecified atom stereocenters. The summed E-state index contributed by atoms with van der Waals surface area (Å²) in [7, 11) is 0. The summed E-state index contributed by atoms with van der Waals surface area (Å²) >= 11 is 0. The number of fused-ring (bicyclic) bond motifs is 2. The Morgan fingerprint density at radius 2 is 2.19 bits per heavy atom. The van der Waals surface area contributed by atoms with Gasteiger partial charge in [-0.3, -0.25) is 4.79 Å². The summed E-state index contributed by atoms with van der Waals surface area (Å²) in [5, 5.41) is 17.3. The molecule has 1 amide bonds. The molecule has 1 aliphatic heterocycles. The number of carbonyl (C=O) groups is 1. The van der Waals surface area contributed by atoms with Gasteiger partial charge in [-0.05, 0) is 12.1 Å². The fourth-order valence-electron chi connectivity index (χ4n) is 2.81. The molecule has 6 nitrogen and oxygen atoms in total. The van der Waals surface area contributed by atoms with Crippen LogP contribution in [0.3, 0.4) is 0 Å². The number of amides is 1. The minimum absolute atomic E-state index is 0.0548. The van der Waals surface area contributed by atoms with Gasteiger partial charge in [0.05, 0.1) is 17.8 Å². The van der Waals surface area contributed by atoms with Crippen LogP contribution in [0.5, 0.6) is 5.88 Å². The van der Waals surface area contributed by atoms with Gasteiger partial charge in [-0.15, -0.1) is 0 Å². The number of hydrogen-bond acceptors (Lipinski definition) is 3. The Hall–Kier alpha value is -2.76. The zero-order valence-corrected chi connectivity index (χ0v) is 11.3. The number of H-pyrrole nitrogens is 2. The van der Waals surface area contributed by atoms with Crippen molar-refractivity contribution in [1.29, 1.82) is 0 Å². The van der Waals surface area contributed by atoms with Crippen LogP contribution in [-0.4, -0.2) is 37.6 Å². The van der Waals surface area contributed by atoms with E-state index in [0.29, 0.717) is 30.8 Å². The first-order chi connectivity index (χ1) is 10.2. The van der Waals surface area contributed by atoms with E-state index in [9.17, 15) is 9.90 Å². The Kier molecular flexibility index (Phi) is 2.50. The molecule has 3 heterocycles. The van der Waals surface area contributed by atoms with Gasteiger partial charge in [0.25, 0.3) is 5.91 Å². The third-order valence-corrected chi connectivity index (χ3v) is 3.95. The van der Waals surface area contributed by atoms with E-state index in [1.165, 1.54) is 0 Å². The van der Waals surface area contributed by atoms with Crippen molar-refractivity contribution in [3.63, 3.8) is 0 Å². The fraction of sp³-hybridized carbons (Fsp3) is 0.200. The molecule has 0 aliphatic carbocycles. The number of nitrogens with one attached hydrogen (secondary N) is 2. The number of carbonyl (C=O) groups excluding carboxylic acids is 1. The van der Waals surface area contributed by atoms with Crippen LogP contribution >= 0.6 is 0 Å². The number of aromatic nitrogens is 3. The molecular weight excluding hydrogens is 268 g/mol. The summed E-state index contributed by atoms with van der Waals surface area (Å²) in [4.78, 5) is 17.5. The van der Waals surface area contributed by atoms with Crippen LogP contribution in [-0.2, 0) is 13.0 Å². The molecule has 0 atom stereocenters. The maximum absolute atomic E-state index is 12.6. The van der Waals surface area contributed by atoms with Crippen molar-refractivity contribution in [2.24, 2.45) is 0 Å². The van der Waals surface area contributed by atoms with E-state index in [2.05, 4.69) is 15.2 Å². The molecule has 0 fully saturated rings. The third kappa shape index (κ3) is 1.87. The first-order valence-electron chi connectivity index (χ1n) is 6.84. The van der Waals surface area contributed by atoms with Gasteiger partial charge in [0.1, 0.15) is 5.69 Å². The van der Waals surface area contributed by atoms with Gasteiger partial charge in [0.15, 0.2) is 0 Å². The van der Waals surface area contributed by atoms with Gasteiger partial charge in [-0.25, -0.2) is 5.10 Å². The summed E-state index contributed by atoms with van der Waals surface area (Å²) in [6.07, 6.45) is 0.651. The average molecular weight is 282 g/mol. The fourth-order valence-corrected chi connectivity index (χ4v) is 2.81. The number of rotatable bonds is 1. The van der Waals surface area contributed by atoms with Crippen molar-refractivity contribution in [2.45, 2.75) is 13.0 Å². The first-order valence-corrected chi connectivity index (χ1v) is 6.84. The van der Waals surface area contributed by atoms with Crippen LogP contribution < -0.4 is 0 Å². The topological polar surface area (TPSA) is 85.0 Å². The zero-order chi connectivity index (χ0) is 14.4. The van der Waals surface area contributed by atoms with Crippen molar-refractivity contribution >= 4 is 16.8 Å². The van der Waals surface area contributed by atoms with E-state index in [1.807, 2.05) is 30.3 Å². The van der Waals surface area contributed by atoms with E-state index < -0.39 is 0 Å². The lowest BCUT2D eigenvalue weighted by Crippen LogP contribution is -2.35. The molecule has 0 saturated heterocycles. The Balaban J connectivity index is 1.65. The number of para-hydroxylation sites is 1. The summed E-state index contributed by atoms with van der Waals surface area (Å²) in [5.41, 5.74) is 3.08. The van der Waals surface area contributed by atoms with E-state index in [4.69, 9.17) is 0 Å². The van der Waals surface area contributed by atoms with E-state index in [-0.39, 0.29) is 11.8 Å². The van der Waals surface area contributed by atoms with E-state index in [1.54, 1.807) is 4.90 Å². The van der Waals surface area contributed by atoms with Gasteiger partial charge in [-0.1, -0.05) is 18.2 Å². The summed E-state index contributed by atoms with van der Waals surface area (Å²) in [5.74, 6) is -0.00315. The highest BCUT2D eigenvalue weighted by atomic mass is 16.3. The molecule has 2 aromatic heterocycles. The van der Waals surface area contributed by atoms with Crippen molar-refractivity contribution in [3.8, 4) is 5.88 Å². The predicted octanol–water partition coefficient (Wildman–Crippen LogP) is 1.80. The minimum Gasteiger partial charge on any atom is -0.493 e. The molecule has 106 valence electrons. The van der Waals surface area contributed by atoms with Crippen LogP contribution in [0.2, 0.25) is 0 Å². The Labute approximate surface area is 120 Å². The second-order valence-electron chi connectivity index (χ2n) is 5.24. The largest absolute Gasteiger partial charge is 0.493 e. The molecule has 3 N–H and O–H groups in total. The van der Waals surface area contributed by atoms with Gasteiger partial charge < -0.3 is 15.0 Å². The second kappa shape index (κ2) is 4.37. The third-order valence-electron chi connectivity index (χ3n) is 3.95. The number of aromatic hydroxyl groups is 1. The SMILES string of the molecule is O=C(c1cc2ccccc2[nH]1)N1CCc2n[nH]c(O)c2C1. The molecular formula is C15H14N4O2. The lowest BCUT2D eigenvalue weighted by Gasteiger charge is -2.25. The number of nitrogens with zero attached hydrogens (tertiary/aromatic N) is 2. The number of benzene rings is 1. The predicted molar refractivity (Wildman–Crippen MR) is 77.0 cm³/mol. The molecule has 21 heavy (non-hydrogen) atoms. The number of hydrogen-bond donors (Lipinski definition) is 3. The summed E-state index contributed by atoms with van der Waals surface area (Å²) in [6, 6.07) is 9.66. The van der Waals surface area contributed by atoms with Crippen molar-refractivity contribution in [1.82, 2.24) is 20.1 Å². The zero-order valence-electron chi connectivity index (χ0n) is 11.3. The molecule has 0 spiro atoms. The summed E-state index contributed by atoms with van der Waals surface area (Å²) < 4.78 is 0. The molecule has 0 saturated carbocycles. The van der Waals surface area contributed by atoms with Crippen molar-refractivity contribution < 1.29 is 9.90 Å². The second-order valence-corrected chi connectivity index (χ2v) is 5.24. The molecule has 6 heteroatoms. The van der Waals surface area contributed by atoms with Crippen LogP contribution in [0, 0.1) is 0 Å². The lowest BCUT2D eigenvalue weighted by atomic mass is 10.1.